The second-order valence-corrected chi connectivity index (χ2v) is 10.6. The van der Waals surface area contributed by atoms with Crippen molar-refractivity contribution in [1.82, 2.24) is 0 Å². The first-order valence-corrected chi connectivity index (χ1v) is 11.3. The quantitative estimate of drug-likeness (QED) is 0.722. The second-order valence-electron chi connectivity index (χ2n) is 8.19. The zero-order valence-electron chi connectivity index (χ0n) is 16.3. The van der Waals surface area contributed by atoms with Crippen molar-refractivity contribution in [2.24, 2.45) is 0 Å². The molecule has 0 aliphatic carbocycles. The Morgan fingerprint density at radius 1 is 1.00 bits per heavy atom. The maximum absolute atomic E-state index is 13.4. The van der Waals surface area contributed by atoms with Crippen LogP contribution in [-0.4, -0.2) is 55.6 Å². The lowest BCUT2D eigenvalue weighted by atomic mass is 10.1. The van der Waals surface area contributed by atoms with Gasteiger partial charge in [0, 0.05) is 12.0 Å². The van der Waals surface area contributed by atoms with Crippen molar-refractivity contribution in [3.05, 3.63) is 30.3 Å². The van der Waals surface area contributed by atoms with E-state index in [0.717, 1.165) is 0 Å². The van der Waals surface area contributed by atoms with Crippen molar-refractivity contribution in [2.75, 3.05) is 13.3 Å². The smallest absolute Gasteiger partial charge is 0.229 e. The molecule has 4 rings (SSSR count). The molecule has 3 aliphatic heterocycles. The molecule has 27 heavy (non-hydrogen) atoms. The standard InChI is InChI=1S/C19H27O7P/c1-18(2)21-11-13(23-18)14-15(16-17(22-14)25-19(3,4)24-16)26-27(5,20)12-9-7-6-8-10-12/h6-10,13-17H,11H2,1-5H3/t13-,14-,15+,16-,17-,27?/m1/s1. The van der Waals surface area contributed by atoms with Gasteiger partial charge < -0.3 is 28.2 Å². The number of rotatable bonds is 4. The molecular weight excluding hydrogens is 371 g/mol. The van der Waals surface area contributed by atoms with Gasteiger partial charge in [0.25, 0.3) is 0 Å². The van der Waals surface area contributed by atoms with Crippen molar-refractivity contribution in [2.45, 2.75) is 70.0 Å². The van der Waals surface area contributed by atoms with Gasteiger partial charge in [-0.15, -0.1) is 0 Å². The summed E-state index contributed by atoms with van der Waals surface area (Å²) in [6.07, 6.45) is -2.56. The van der Waals surface area contributed by atoms with Crippen LogP contribution in [0.15, 0.2) is 30.3 Å². The van der Waals surface area contributed by atoms with Gasteiger partial charge in [-0.2, -0.15) is 0 Å². The van der Waals surface area contributed by atoms with Crippen LogP contribution in [0.4, 0.5) is 0 Å². The fraction of sp³-hybridized carbons (Fsp3) is 0.684. The molecule has 0 N–H and O–H groups in total. The van der Waals surface area contributed by atoms with Gasteiger partial charge in [-0.05, 0) is 39.8 Å². The predicted octanol–water partition coefficient (Wildman–Crippen LogP) is 2.63. The molecule has 8 heteroatoms. The van der Waals surface area contributed by atoms with Crippen LogP contribution >= 0.6 is 7.37 Å². The zero-order valence-corrected chi connectivity index (χ0v) is 17.2. The topological polar surface area (TPSA) is 72.5 Å². The second kappa shape index (κ2) is 6.63. The Kier molecular flexibility index (Phi) is 4.79. The van der Waals surface area contributed by atoms with Gasteiger partial charge in [-0.1, -0.05) is 18.2 Å². The first-order valence-electron chi connectivity index (χ1n) is 9.21. The average Bonchev–Trinajstić information content (AvgIpc) is 3.19. The summed E-state index contributed by atoms with van der Waals surface area (Å²) in [5, 5.41) is 0.647. The van der Waals surface area contributed by atoms with E-state index in [2.05, 4.69) is 0 Å². The number of benzene rings is 1. The lowest BCUT2D eigenvalue weighted by Crippen LogP contribution is -2.44. The molecule has 0 spiro atoms. The summed E-state index contributed by atoms with van der Waals surface area (Å²) in [6, 6.07) is 9.17. The van der Waals surface area contributed by atoms with Gasteiger partial charge in [0.15, 0.2) is 17.9 Å². The van der Waals surface area contributed by atoms with E-state index in [1.807, 2.05) is 45.9 Å². The summed E-state index contributed by atoms with van der Waals surface area (Å²) in [4.78, 5) is 0. The van der Waals surface area contributed by atoms with Gasteiger partial charge >= 0.3 is 0 Å². The predicted molar refractivity (Wildman–Crippen MR) is 98.1 cm³/mol. The van der Waals surface area contributed by atoms with Gasteiger partial charge in [-0.25, -0.2) is 0 Å². The molecule has 0 saturated carbocycles. The van der Waals surface area contributed by atoms with Gasteiger partial charge in [0.1, 0.15) is 24.4 Å². The van der Waals surface area contributed by atoms with Crippen molar-refractivity contribution in [3.8, 4) is 0 Å². The summed E-state index contributed by atoms with van der Waals surface area (Å²) < 4.78 is 49.2. The van der Waals surface area contributed by atoms with E-state index < -0.39 is 43.5 Å². The van der Waals surface area contributed by atoms with Crippen molar-refractivity contribution in [1.29, 1.82) is 0 Å². The zero-order chi connectivity index (χ0) is 19.4. The first kappa shape index (κ1) is 19.5. The minimum Gasteiger partial charge on any atom is -0.348 e. The van der Waals surface area contributed by atoms with Crippen LogP contribution in [-0.2, 0) is 32.8 Å². The summed E-state index contributed by atoms with van der Waals surface area (Å²) in [5.41, 5.74) is 0. The summed E-state index contributed by atoms with van der Waals surface area (Å²) in [6.45, 7) is 9.32. The fourth-order valence-electron chi connectivity index (χ4n) is 3.79. The Morgan fingerprint density at radius 3 is 2.33 bits per heavy atom. The van der Waals surface area contributed by atoms with E-state index >= 15 is 0 Å². The number of ether oxygens (including phenoxy) is 5. The normalized spacial score (nSPS) is 39.2. The molecule has 0 aromatic heterocycles. The van der Waals surface area contributed by atoms with E-state index in [0.29, 0.717) is 11.9 Å². The third kappa shape index (κ3) is 3.87. The van der Waals surface area contributed by atoms with E-state index in [-0.39, 0.29) is 6.10 Å². The molecule has 1 aromatic carbocycles. The Bertz CT molecular complexity index is 735. The van der Waals surface area contributed by atoms with Gasteiger partial charge in [-0.3, -0.25) is 4.57 Å². The Balaban J connectivity index is 1.60. The number of hydrogen-bond donors (Lipinski definition) is 0. The molecule has 3 fully saturated rings. The lowest BCUT2D eigenvalue weighted by molar-refractivity contribution is -0.230. The van der Waals surface area contributed by atoms with Crippen LogP contribution in [0.1, 0.15) is 27.7 Å². The largest absolute Gasteiger partial charge is 0.348 e. The lowest BCUT2D eigenvalue weighted by Gasteiger charge is -2.30. The number of hydrogen-bond acceptors (Lipinski definition) is 7. The van der Waals surface area contributed by atoms with Crippen molar-refractivity contribution >= 4 is 12.7 Å². The first-order chi connectivity index (χ1) is 12.6. The van der Waals surface area contributed by atoms with E-state index in [9.17, 15) is 4.57 Å². The molecule has 1 unspecified atom stereocenters. The highest BCUT2D eigenvalue weighted by atomic mass is 31.2. The molecule has 0 radical (unpaired) electrons. The van der Waals surface area contributed by atoms with E-state index in [1.54, 1.807) is 18.8 Å². The molecule has 3 heterocycles. The molecule has 7 nitrogen and oxygen atoms in total. The van der Waals surface area contributed by atoms with Gasteiger partial charge in [0.05, 0.1) is 6.61 Å². The third-order valence-corrected chi connectivity index (χ3v) is 6.85. The highest BCUT2D eigenvalue weighted by Crippen LogP contribution is 2.50. The van der Waals surface area contributed by atoms with Crippen molar-refractivity contribution in [3.63, 3.8) is 0 Å². The Labute approximate surface area is 159 Å². The monoisotopic (exact) mass is 398 g/mol. The van der Waals surface area contributed by atoms with Crippen LogP contribution in [0.5, 0.6) is 0 Å². The number of fused-ring (bicyclic) bond motifs is 1. The molecule has 0 bridgehead atoms. The minimum absolute atomic E-state index is 0.360. The summed E-state index contributed by atoms with van der Waals surface area (Å²) in [5.74, 6) is -1.49. The summed E-state index contributed by atoms with van der Waals surface area (Å²) >= 11 is 0. The van der Waals surface area contributed by atoms with Crippen LogP contribution in [0.25, 0.3) is 0 Å². The highest BCUT2D eigenvalue weighted by molar-refractivity contribution is 7.66. The van der Waals surface area contributed by atoms with Crippen LogP contribution in [0.3, 0.4) is 0 Å². The van der Waals surface area contributed by atoms with E-state index in [4.69, 9.17) is 28.2 Å². The van der Waals surface area contributed by atoms with Gasteiger partial charge in [0.2, 0.25) is 7.37 Å². The maximum Gasteiger partial charge on any atom is 0.229 e. The minimum atomic E-state index is -3.11. The van der Waals surface area contributed by atoms with Crippen LogP contribution < -0.4 is 5.30 Å². The molecule has 0 amide bonds. The van der Waals surface area contributed by atoms with Crippen LogP contribution in [0.2, 0.25) is 0 Å². The molecule has 3 aliphatic rings. The Hall–Kier alpha value is -0.790. The maximum atomic E-state index is 13.4. The van der Waals surface area contributed by atoms with Crippen molar-refractivity contribution < 1.29 is 32.8 Å². The SMILES string of the molecule is CC1(C)O[C@H]2O[C@H]([C@H]3COC(C)(C)O3)[C@H](OP(C)(=O)c3ccccc3)[C@H]2O1. The molecular formula is C19H27O7P. The third-order valence-electron chi connectivity index (χ3n) is 4.97. The molecule has 6 atom stereocenters. The highest BCUT2D eigenvalue weighted by Gasteiger charge is 2.60. The fourth-order valence-corrected chi connectivity index (χ4v) is 5.33. The Morgan fingerprint density at radius 2 is 1.70 bits per heavy atom. The van der Waals surface area contributed by atoms with E-state index in [1.165, 1.54) is 0 Å². The molecule has 1 aromatic rings. The molecule has 150 valence electrons. The molecule has 3 saturated heterocycles. The van der Waals surface area contributed by atoms with Crippen LogP contribution in [0, 0.1) is 0 Å². The average molecular weight is 398 g/mol. The summed E-state index contributed by atoms with van der Waals surface area (Å²) in [7, 11) is -3.11.